The van der Waals surface area contributed by atoms with Gasteiger partial charge >= 0.3 is 5.97 Å². The molecule has 0 fully saturated rings. The molecule has 20 heavy (non-hydrogen) atoms. The van der Waals surface area contributed by atoms with E-state index in [2.05, 4.69) is 4.98 Å². The Kier molecular flexibility index (Phi) is 3.09. The number of aromatic nitrogens is 2. The van der Waals surface area contributed by atoms with Crippen molar-refractivity contribution < 1.29 is 14.6 Å². The van der Waals surface area contributed by atoms with Crippen LogP contribution in [0.2, 0.25) is 0 Å². The van der Waals surface area contributed by atoms with Crippen LogP contribution in [0.1, 0.15) is 16.1 Å². The lowest BCUT2D eigenvalue weighted by Crippen LogP contribution is -1.95. The number of carboxylic acids is 1. The second kappa shape index (κ2) is 5.05. The summed E-state index contributed by atoms with van der Waals surface area (Å²) in [7, 11) is 0. The summed E-state index contributed by atoms with van der Waals surface area (Å²) >= 11 is 0. The van der Waals surface area contributed by atoms with Crippen molar-refractivity contribution in [3.8, 4) is 5.75 Å². The van der Waals surface area contributed by atoms with Crippen molar-refractivity contribution >= 4 is 11.6 Å². The van der Waals surface area contributed by atoms with Crippen molar-refractivity contribution in [2.75, 3.05) is 0 Å². The maximum atomic E-state index is 10.9. The maximum absolute atomic E-state index is 10.9. The SMILES string of the molecule is O=C(O)c1cn2ccc(OCc3ccccc3)cc2n1. The molecule has 100 valence electrons. The molecule has 2 aromatic heterocycles. The molecular weight excluding hydrogens is 256 g/mol. The summed E-state index contributed by atoms with van der Waals surface area (Å²) in [6, 6.07) is 13.3. The monoisotopic (exact) mass is 268 g/mol. The second-order valence-corrected chi connectivity index (χ2v) is 4.33. The molecule has 0 aliphatic heterocycles. The van der Waals surface area contributed by atoms with Gasteiger partial charge in [0.2, 0.25) is 0 Å². The number of aromatic carboxylic acids is 1. The normalized spacial score (nSPS) is 10.6. The fourth-order valence-electron chi connectivity index (χ4n) is 1.90. The third-order valence-corrected chi connectivity index (χ3v) is 2.90. The number of imidazole rings is 1. The molecular formula is C15H12N2O3. The number of fused-ring (bicyclic) bond motifs is 1. The number of carbonyl (C=O) groups is 1. The van der Waals surface area contributed by atoms with Gasteiger partial charge in [-0.2, -0.15) is 0 Å². The summed E-state index contributed by atoms with van der Waals surface area (Å²) in [5.74, 6) is -0.385. The molecule has 1 N–H and O–H groups in total. The topological polar surface area (TPSA) is 63.8 Å². The maximum Gasteiger partial charge on any atom is 0.356 e. The molecule has 0 aliphatic rings. The van der Waals surface area contributed by atoms with E-state index in [9.17, 15) is 4.79 Å². The highest BCUT2D eigenvalue weighted by molar-refractivity contribution is 5.86. The third-order valence-electron chi connectivity index (χ3n) is 2.90. The summed E-state index contributed by atoms with van der Waals surface area (Å²) in [4.78, 5) is 14.9. The zero-order valence-corrected chi connectivity index (χ0v) is 10.6. The summed E-state index contributed by atoms with van der Waals surface area (Å²) in [5.41, 5.74) is 1.64. The molecule has 1 aromatic carbocycles. The standard InChI is InChI=1S/C15H12N2O3/c18-15(19)13-9-17-7-6-12(8-14(17)16-13)20-10-11-4-2-1-3-5-11/h1-9H,10H2,(H,18,19). The lowest BCUT2D eigenvalue weighted by atomic mass is 10.2. The predicted octanol–water partition coefficient (Wildman–Crippen LogP) is 2.61. The van der Waals surface area contributed by atoms with Crippen LogP contribution in [0.25, 0.3) is 5.65 Å². The van der Waals surface area contributed by atoms with Gasteiger partial charge in [0.05, 0.1) is 0 Å². The molecule has 0 spiro atoms. The van der Waals surface area contributed by atoms with Gasteiger partial charge < -0.3 is 14.2 Å². The van der Waals surface area contributed by atoms with Crippen molar-refractivity contribution in [3.05, 3.63) is 66.1 Å². The van der Waals surface area contributed by atoms with Gasteiger partial charge in [-0.15, -0.1) is 0 Å². The summed E-state index contributed by atoms with van der Waals surface area (Å²) in [5, 5.41) is 8.90. The van der Waals surface area contributed by atoms with E-state index >= 15 is 0 Å². The van der Waals surface area contributed by atoms with Crippen molar-refractivity contribution in [1.82, 2.24) is 9.38 Å². The Labute approximate surface area is 115 Å². The average Bonchev–Trinajstić information content (AvgIpc) is 2.89. The van der Waals surface area contributed by atoms with Crippen LogP contribution in [0, 0.1) is 0 Å². The summed E-state index contributed by atoms with van der Waals surface area (Å²) in [6.07, 6.45) is 3.20. The third kappa shape index (κ3) is 2.47. The van der Waals surface area contributed by atoms with Crippen LogP contribution in [0.4, 0.5) is 0 Å². The van der Waals surface area contributed by atoms with Gasteiger partial charge in [-0.3, -0.25) is 0 Å². The number of rotatable bonds is 4. The Hall–Kier alpha value is -2.82. The fourth-order valence-corrected chi connectivity index (χ4v) is 1.90. The molecule has 5 nitrogen and oxygen atoms in total. The van der Waals surface area contributed by atoms with Crippen molar-refractivity contribution in [2.45, 2.75) is 6.61 Å². The van der Waals surface area contributed by atoms with Crippen molar-refractivity contribution in [2.24, 2.45) is 0 Å². The van der Waals surface area contributed by atoms with Crippen molar-refractivity contribution in [1.29, 1.82) is 0 Å². The quantitative estimate of drug-likeness (QED) is 0.790. The minimum atomic E-state index is -1.04. The Balaban J connectivity index is 1.80. The van der Waals surface area contributed by atoms with E-state index in [0.717, 1.165) is 5.56 Å². The van der Waals surface area contributed by atoms with Crippen LogP contribution in [0.5, 0.6) is 5.75 Å². The molecule has 2 heterocycles. The van der Waals surface area contributed by atoms with E-state index < -0.39 is 5.97 Å². The number of hydrogen-bond acceptors (Lipinski definition) is 3. The summed E-state index contributed by atoms with van der Waals surface area (Å²) < 4.78 is 7.32. The van der Waals surface area contributed by atoms with Gasteiger partial charge in [0, 0.05) is 18.5 Å². The first-order chi connectivity index (χ1) is 9.72. The minimum Gasteiger partial charge on any atom is -0.489 e. The number of benzene rings is 1. The van der Waals surface area contributed by atoms with Crippen LogP contribution in [0.3, 0.4) is 0 Å². The lowest BCUT2D eigenvalue weighted by molar-refractivity contribution is 0.0691. The average molecular weight is 268 g/mol. The smallest absolute Gasteiger partial charge is 0.356 e. The number of carboxylic acid groups (broad SMARTS) is 1. The van der Waals surface area contributed by atoms with E-state index in [4.69, 9.17) is 9.84 Å². The Bertz CT molecular complexity index is 750. The van der Waals surface area contributed by atoms with Gasteiger partial charge in [-0.05, 0) is 11.6 Å². The number of hydrogen-bond donors (Lipinski definition) is 1. The van der Waals surface area contributed by atoms with Crippen LogP contribution >= 0.6 is 0 Å². The van der Waals surface area contributed by atoms with E-state index in [-0.39, 0.29) is 5.69 Å². The molecule has 3 aromatic rings. The van der Waals surface area contributed by atoms with E-state index in [0.29, 0.717) is 18.0 Å². The van der Waals surface area contributed by atoms with E-state index in [1.807, 2.05) is 30.3 Å². The number of pyridine rings is 1. The number of ether oxygens (including phenoxy) is 1. The first-order valence-electron chi connectivity index (χ1n) is 6.11. The Morgan fingerprint density at radius 1 is 1.25 bits per heavy atom. The zero-order chi connectivity index (χ0) is 13.9. The highest BCUT2D eigenvalue weighted by atomic mass is 16.5. The lowest BCUT2D eigenvalue weighted by Gasteiger charge is -2.06. The van der Waals surface area contributed by atoms with Crippen molar-refractivity contribution in [3.63, 3.8) is 0 Å². The molecule has 0 saturated carbocycles. The van der Waals surface area contributed by atoms with Gasteiger partial charge in [0.1, 0.15) is 18.0 Å². The molecule has 0 aliphatic carbocycles. The van der Waals surface area contributed by atoms with Crippen LogP contribution < -0.4 is 4.74 Å². The largest absolute Gasteiger partial charge is 0.489 e. The van der Waals surface area contributed by atoms with Crippen LogP contribution in [0.15, 0.2) is 54.9 Å². The second-order valence-electron chi connectivity index (χ2n) is 4.33. The highest BCUT2D eigenvalue weighted by Crippen LogP contribution is 2.16. The van der Waals surface area contributed by atoms with Gasteiger partial charge in [0.15, 0.2) is 5.69 Å². The molecule has 0 amide bonds. The highest BCUT2D eigenvalue weighted by Gasteiger charge is 2.09. The first-order valence-corrected chi connectivity index (χ1v) is 6.11. The predicted molar refractivity (Wildman–Crippen MR) is 72.9 cm³/mol. The molecule has 0 bridgehead atoms. The Morgan fingerprint density at radius 2 is 2.05 bits per heavy atom. The fraction of sp³-hybridized carbons (Fsp3) is 0.0667. The first kappa shape index (κ1) is 12.2. The molecule has 0 unspecified atom stereocenters. The van der Waals surface area contributed by atoms with Crippen LogP contribution in [-0.4, -0.2) is 20.5 Å². The minimum absolute atomic E-state index is 0.0187. The van der Waals surface area contributed by atoms with Gasteiger partial charge in [-0.1, -0.05) is 30.3 Å². The summed E-state index contributed by atoms with van der Waals surface area (Å²) in [6.45, 7) is 0.462. The van der Waals surface area contributed by atoms with Gasteiger partial charge in [0.25, 0.3) is 0 Å². The molecule has 5 heteroatoms. The number of nitrogens with zero attached hydrogens (tertiary/aromatic N) is 2. The van der Waals surface area contributed by atoms with Crippen LogP contribution in [-0.2, 0) is 6.61 Å². The molecule has 0 radical (unpaired) electrons. The molecule has 0 saturated heterocycles. The Morgan fingerprint density at radius 3 is 2.80 bits per heavy atom. The molecule has 3 rings (SSSR count). The van der Waals surface area contributed by atoms with Gasteiger partial charge in [-0.25, -0.2) is 9.78 Å². The van der Waals surface area contributed by atoms with E-state index in [1.165, 1.54) is 6.20 Å². The van der Waals surface area contributed by atoms with E-state index in [1.54, 1.807) is 22.7 Å². The molecule has 0 atom stereocenters. The zero-order valence-electron chi connectivity index (χ0n) is 10.6.